The van der Waals surface area contributed by atoms with Crippen molar-refractivity contribution in [3.8, 4) is 0 Å². The van der Waals surface area contributed by atoms with E-state index in [9.17, 15) is 0 Å². The molecule has 0 saturated heterocycles. The number of ether oxygens (including phenoxy) is 1. The van der Waals surface area contributed by atoms with E-state index in [1.165, 1.54) is 0 Å². The van der Waals surface area contributed by atoms with E-state index in [-0.39, 0.29) is 0 Å². The molecule has 0 amide bonds. The fraction of sp³-hybridized carbons (Fsp3) is 0.455. The van der Waals surface area contributed by atoms with Gasteiger partial charge in [0.1, 0.15) is 0 Å². The van der Waals surface area contributed by atoms with Crippen LogP contribution in [0.3, 0.4) is 0 Å². The van der Waals surface area contributed by atoms with Gasteiger partial charge < -0.3 is 15.4 Å². The van der Waals surface area contributed by atoms with Gasteiger partial charge in [-0.1, -0.05) is 0 Å². The third-order valence-electron chi connectivity index (χ3n) is 1.90. The van der Waals surface area contributed by atoms with Crippen molar-refractivity contribution in [2.45, 2.75) is 6.92 Å². The molecule has 0 aliphatic rings. The zero-order valence-electron chi connectivity index (χ0n) is 8.84. The summed E-state index contributed by atoms with van der Waals surface area (Å²) in [6.45, 7) is 4.62. The van der Waals surface area contributed by atoms with Crippen LogP contribution in [0.2, 0.25) is 0 Å². The first-order chi connectivity index (χ1) is 6.86. The van der Waals surface area contributed by atoms with Gasteiger partial charge in [-0.3, -0.25) is 0 Å². The smallest absolute Gasteiger partial charge is 0.0635 e. The van der Waals surface area contributed by atoms with Gasteiger partial charge in [-0.15, -0.1) is 0 Å². The average Bonchev–Trinajstić information content (AvgIpc) is 2.21. The third-order valence-corrected chi connectivity index (χ3v) is 1.90. The van der Waals surface area contributed by atoms with Crippen LogP contribution in [0, 0.1) is 0 Å². The van der Waals surface area contributed by atoms with Gasteiger partial charge in [0.2, 0.25) is 0 Å². The Bertz CT molecular complexity index is 246. The lowest BCUT2D eigenvalue weighted by Crippen LogP contribution is -2.07. The minimum atomic E-state index is 0.731. The molecule has 1 aromatic carbocycles. The Labute approximate surface area is 85.5 Å². The summed E-state index contributed by atoms with van der Waals surface area (Å²) in [6.07, 6.45) is 0. The normalized spacial score (nSPS) is 9.86. The van der Waals surface area contributed by atoms with Gasteiger partial charge in [0.15, 0.2) is 0 Å². The molecule has 0 bridgehead atoms. The highest BCUT2D eigenvalue weighted by molar-refractivity contribution is 5.53. The Morgan fingerprint density at radius 3 is 2.14 bits per heavy atom. The monoisotopic (exact) mass is 194 g/mol. The molecule has 0 spiro atoms. The first-order valence-corrected chi connectivity index (χ1v) is 4.93. The predicted octanol–water partition coefficient (Wildman–Crippen LogP) is 2.18. The Balaban J connectivity index is 2.38. The SMILES string of the molecule is CCNc1ccc(NCCOC)cc1. The maximum Gasteiger partial charge on any atom is 0.0635 e. The van der Waals surface area contributed by atoms with Gasteiger partial charge in [-0.2, -0.15) is 0 Å². The van der Waals surface area contributed by atoms with Crippen LogP contribution < -0.4 is 10.6 Å². The lowest BCUT2D eigenvalue weighted by molar-refractivity contribution is 0.211. The molecular weight excluding hydrogens is 176 g/mol. The zero-order chi connectivity index (χ0) is 10.2. The third kappa shape index (κ3) is 3.66. The van der Waals surface area contributed by atoms with E-state index in [0.717, 1.165) is 31.1 Å². The van der Waals surface area contributed by atoms with Crippen LogP contribution in [0.15, 0.2) is 24.3 Å². The van der Waals surface area contributed by atoms with Crippen molar-refractivity contribution in [2.24, 2.45) is 0 Å². The first kappa shape index (κ1) is 10.9. The summed E-state index contributed by atoms with van der Waals surface area (Å²) in [4.78, 5) is 0. The lowest BCUT2D eigenvalue weighted by Gasteiger charge is -2.07. The van der Waals surface area contributed by atoms with Gasteiger partial charge in [0.25, 0.3) is 0 Å². The van der Waals surface area contributed by atoms with Crippen molar-refractivity contribution in [3.63, 3.8) is 0 Å². The van der Waals surface area contributed by atoms with Gasteiger partial charge in [-0.25, -0.2) is 0 Å². The fourth-order valence-corrected chi connectivity index (χ4v) is 1.21. The van der Waals surface area contributed by atoms with Crippen molar-refractivity contribution < 1.29 is 4.74 Å². The second-order valence-corrected chi connectivity index (χ2v) is 3.03. The Morgan fingerprint density at radius 2 is 1.64 bits per heavy atom. The molecule has 1 rings (SSSR count). The number of benzene rings is 1. The van der Waals surface area contributed by atoms with Crippen LogP contribution in [0.5, 0.6) is 0 Å². The quantitative estimate of drug-likeness (QED) is 0.681. The summed E-state index contributed by atoms with van der Waals surface area (Å²) in [5.74, 6) is 0. The van der Waals surface area contributed by atoms with Crippen molar-refractivity contribution in [1.29, 1.82) is 0 Å². The average molecular weight is 194 g/mol. The van der Waals surface area contributed by atoms with Crippen LogP contribution >= 0.6 is 0 Å². The minimum Gasteiger partial charge on any atom is -0.385 e. The lowest BCUT2D eigenvalue weighted by atomic mass is 10.3. The summed E-state index contributed by atoms with van der Waals surface area (Å²) < 4.78 is 4.95. The minimum absolute atomic E-state index is 0.731. The zero-order valence-corrected chi connectivity index (χ0v) is 8.84. The first-order valence-electron chi connectivity index (χ1n) is 4.93. The molecule has 0 aromatic heterocycles. The summed E-state index contributed by atoms with van der Waals surface area (Å²) in [5.41, 5.74) is 2.29. The molecular formula is C11H18N2O. The van der Waals surface area contributed by atoms with Crippen LogP contribution in [0.25, 0.3) is 0 Å². The molecule has 0 aliphatic heterocycles. The Kier molecular flexibility index (Phi) is 4.86. The van der Waals surface area contributed by atoms with E-state index in [4.69, 9.17) is 4.74 Å². The molecule has 0 aliphatic carbocycles. The summed E-state index contributed by atoms with van der Waals surface area (Å²) >= 11 is 0. The van der Waals surface area contributed by atoms with Crippen molar-refractivity contribution in [2.75, 3.05) is 37.4 Å². The second-order valence-electron chi connectivity index (χ2n) is 3.03. The topological polar surface area (TPSA) is 33.3 Å². The molecule has 3 heteroatoms. The number of hydrogen-bond acceptors (Lipinski definition) is 3. The van der Waals surface area contributed by atoms with E-state index in [2.05, 4.69) is 41.8 Å². The molecule has 78 valence electrons. The highest BCUT2D eigenvalue weighted by Crippen LogP contribution is 2.12. The maximum atomic E-state index is 4.95. The van der Waals surface area contributed by atoms with Crippen LogP contribution in [-0.4, -0.2) is 26.8 Å². The summed E-state index contributed by atoms with van der Waals surface area (Å²) in [5, 5.41) is 6.51. The molecule has 0 fully saturated rings. The molecule has 0 unspecified atom stereocenters. The Morgan fingerprint density at radius 1 is 1.07 bits per heavy atom. The van der Waals surface area contributed by atoms with Gasteiger partial charge in [-0.05, 0) is 31.2 Å². The maximum absolute atomic E-state index is 4.95. The molecule has 3 nitrogen and oxygen atoms in total. The predicted molar refractivity (Wildman–Crippen MR) is 61.0 cm³/mol. The van der Waals surface area contributed by atoms with Crippen LogP contribution in [0.4, 0.5) is 11.4 Å². The van der Waals surface area contributed by atoms with E-state index in [1.54, 1.807) is 7.11 Å². The van der Waals surface area contributed by atoms with Crippen LogP contribution in [0.1, 0.15) is 6.92 Å². The van der Waals surface area contributed by atoms with Gasteiger partial charge in [0.05, 0.1) is 6.61 Å². The highest BCUT2D eigenvalue weighted by Gasteiger charge is 1.92. The van der Waals surface area contributed by atoms with Crippen molar-refractivity contribution in [3.05, 3.63) is 24.3 Å². The molecule has 1 aromatic rings. The molecule has 14 heavy (non-hydrogen) atoms. The number of rotatable bonds is 6. The standard InChI is InChI=1S/C11H18N2O/c1-3-12-10-4-6-11(7-5-10)13-8-9-14-2/h4-7,12-13H,3,8-9H2,1-2H3. The largest absolute Gasteiger partial charge is 0.385 e. The molecule has 0 saturated carbocycles. The summed E-state index contributed by atoms with van der Waals surface area (Å²) in [6, 6.07) is 8.26. The van der Waals surface area contributed by atoms with E-state index in [0.29, 0.717) is 0 Å². The summed E-state index contributed by atoms with van der Waals surface area (Å²) in [7, 11) is 1.70. The fourth-order valence-electron chi connectivity index (χ4n) is 1.21. The highest BCUT2D eigenvalue weighted by atomic mass is 16.5. The van der Waals surface area contributed by atoms with Gasteiger partial charge >= 0.3 is 0 Å². The number of nitrogens with one attached hydrogen (secondary N) is 2. The van der Waals surface area contributed by atoms with Crippen LogP contribution in [-0.2, 0) is 4.74 Å². The van der Waals surface area contributed by atoms with E-state index in [1.807, 2.05) is 0 Å². The molecule has 0 atom stereocenters. The van der Waals surface area contributed by atoms with Crippen molar-refractivity contribution in [1.82, 2.24) is 0 Å². The second kappa shape index (κ2) is 6.27. The molecule has 0 heterocycles. The molecule has 2 N–H and O–H groups in total. The van der Waals surface area contributed by atoms with E-state index >= 15 is 0 Å². The molecule has 0 radical (unpaired) electrons. The van der Waals surface area contributed by atoms with Crippen molar-refractivity contribution >= 4 is 11.4 Å². The van der Waals surface area contributed by atoms with E-state index < -0.39 is 0 Å². The number of methoxy groups -OCH3 is 1. The number of hydrogen-bond donors (Lipinski definition) is 2. The Hall–Kier alpha value is -1.22. The number of anilines is 2. The van der Waals surface area contributed by atoms with Gasteiger partial charge in [0, 0.05) is 31.6 Å².